The molecule has 2 amide bonds. The number of carbonyl (C=O) groups is 2. The third kappa shape index (κ3) is 7.73. The molecule has 0 bridgehead atoms. The maximum absolute atomic E-state index is 13.7. The second-order valence-electron chi connectivity index (χ2n) is 9.56. The summed E-state index contributed by atoms with van der Waals surface area (Å²) in [7, 11) is 0. The molecule has 1 fully saturated rings. The van der Waals surface area contributed by atoms with Crippen molar-refractivity contribution in [2.24, 2.45) is 0 Å². The molecule has 0 spiro atoms. The highest BCUT2D eigenvalue weighted by Crippen LogP contribution is 2.25. The monoisotopic (exact) mass is 538 g/mol. The lowest BCUT2D eigenvalue weighted by atomic mass is 10.0. The van der Waals surface area contributed by atoms with Crippen molar-refractivity contribution in [1.29, 1.82) is 0 Å². The van der Waals surface area contributed by atoms with Crippen molar-refractivity contribution in [3.8, 4) is 5.75 Å². The number of nitrogens with zero attached hydrogens (tertiary/aromatic N) is 1. The average molecular weight is 540 g/mol. The smallest absolute Gasteiger partial charge is 0.261 e. The molecule has 0 aliphatic heterocycles. The minimum atomic E-state index is -0.733. The van der Waals surface area contributed by atoms with Crippen molar-refractivity contribution in [2.45, 2.75) is 57.7 Å². The van der Waals surface area contributed by atoms with E-state index < -0.39 is 6.04 Å². The molecule has 194 valence electrons. The predicted octanol–water partition coefficient (Wildman–Crippen LogP) is 6.38. The van der Waals surface area contributed by atoms with Crippen LogP contribution < -0.4 is 10.1 Å². The van der Waals surface area contributed by atoms with Crippen LogP contribution >= 0.6 is 23.2 Å². The lowest BCUT2D eigenvalue weighted by Crippen LogP contribution is -2.53. The highest BCUT2D eigenvalue weighted by atomic mass is 35.5. The summed E-state index contributed by atoms with van der Waals surface area (Å²) in [5, 5.41) is 4.15. The van der Waals surface area contributed by atoms with Crippen LogP contribution in [0.15, 0.2) is 72.8 Å². The van der Waals surface area contributed by atoms with E-state index in [9.17, 15) is 9.59 Å². The summed E-state index contributed by atoms with van der Waals surface area (Å²) in [4.78, 5) is 29.0. The Morgan fingerprint density at radius 3 is 2.46 bits per heavy atom. The molecule has 4 rings (SSSR count). The van der Waals surface area contributed by atoms with Gasteiger partial charge in [0.05, 0.1) is 0 Å². The van der Waals surface area contributed by atoms with Crippen molar-refractivity contribution < 1.29 is 14.3 Å². The summed E-state index contributed by atoms with van der Waals surface area (Å²) in [6.45, 7) is 1.92. The molecule has 7 heteroatoms. The molecule has 0 radical (unpaired) electrons. The van der Waals surface area contributed by atoms with E-state index in [1.165, 1.54) is 0 Å². The minimum absolute atomic E-state index is 0.130. The van der Waals surface area contributed by atoms with Gasteiger partial charge < -0.3 is 15.0 Å². The molecule has 37 heavy (non-hydrogen) atoms. The number of amides is 2. The van der Waals surface area contributed by atoms with Gasteiger partial charge in [0.2, 0.25) is 5.91 Å². The van der Waals surface area contributed by atoms with E-state index in [0.29, 0.717) is 27.8 Å². The number of carbonyl (C=O) groups excluding carboxylic acids is 2. The first-order valence-corrected chi connectivity index (χ1v) is 13.4. The zero-order valence-corrected chi connectivity index (χ0v) is 22.5. The Morgan fingerprint density at radius 2 is 1.76 bits per heavy atom. The van der Waals surface area contributed by atoms with E-state index in [2.05, 4.69) is 5.32 Å². The van der Waals surface area contributed by atoms with Crippen molar-refractivity contribution >= 4 is 35.0 Å². The highest BCUT2D eigenvalue weighted by molar-refractivity contribution is 6.35. The Bertz CT molecular complexity index is 1210. The van der Waals surface area contributed by atoms with Crippen molar-refractivity contribution in [3.63, 3.8) is 0 Å². The third-order valence-corrected chi connectivity index (χ3v) is 7.27. The molecule has 1 aliphatic carbocycles. The molecule has 1 saturated carbocycles. The molecule has 1 N–H and O–H groups in total. The number of benzene rings is 3. The van der Waals surface area contributed by atoms with Crippen LogP contribution in [0.3, 0.4) is 0 Å². The Morgan fingerprint density at radius 1 is 1.00 bits per heavy atom. The molecule has 0 unspecified atom stereocenters. The van der Waals surface area contributed by atoms with Gasteiger partial charge in [-0.05, 0) is 60.7 Å². The minimum Gasteiger partial charge on any atom is -0.484 e. The third-order valence-electron chi connectivity index (χ3n) is 6.68. The Labute approximate surface area is 228 Å². The molecule has 1 atom stereocenters. The van der Waals surface area contributed by atoms with Crippen LogP contribution in [0.5, 0.6) is 5.75 Å². The number of hydrogen-bond acceptors (Lipinski definition) is 3. The fraction of sp³-hybridized carbons (Fsp3) is 0.333. The second-order valence-corrected chi connectivity index (χ2v) is 10.4. The van der Waals surface area contributed by atoms with E-state index in [-0.39, 0.29) is 31.0 Å². The Kier molecular flexibility index (Phi) is 9.48. The first-order valence-electron chi connectivity index (χ1n) is 12.7. The van der Waals surface area contributed by atoms with Gasteiger partial charge in [-0.15, -0.1) is 0 Å². The molecule has 1 aliphatic rings. The van der Waals surface area contributed by atoms with Crippen LogP contribution in [0, 0.1) is 6.92 Å². The van der Waals surface area contributed by atoms with Gasteiger partial charge in [-0.25, -0.2) is 0 Å². The summed E-state index contributed by atoms with van der Waals surface area (Å²) >= 11 is 12.6. The normalized spacial score (nSPS) is 14.2. The van der Waals surface area contributed by atoms with Gasteiger partial charge in [-0.2, -0.15) is 0 Å². The van der Waals surface area contributed by atoms with Gasteiger partial charge in [0.25, 0.3) is 5.91 Å². The van der Waals surface area contributed by atoms with Crippen LogP contribution in [0.25, 0.3) is 0 Å². The SMILES string of the molecule is Cc1cccc(OCC(=O)N(Cc2ccc(Cl)cc2Cl)[C@H](Cc2ccccc2)C(=O)NC2CCCC2)c1. The molecule has 0 saturated heterocycles. The maximum atomic E-state index is 13.7. The molecule has 0 aromatic heterocycles. The van der Waals surface area contributed by atoms with Gasteiger partial charge in [-0.1, -0.05) is 84.6 Å². The van der Waals surface area contributed by atoms with E-state index in [0.717, 1.165) is 36.8 Å². The van der Waals surface area contributed by atoms with Gasteiger partial charge in [-0.3, -0.25) is 9.59 Å². The first kappa shape index (κ1) is 27.0. The van der Waals surface area contributed by atoms with Gasteiger partial charge >= 0.3 is 0 Å². The van der Waals surface area contributed by atoms with Crippen LogP contribution in [0.2, 0.25) is 10.0 Å². The summed E-state index contributed by atoms with van der Waals surface area (Å²) < 4.78 is 5.85. The summed E-state index contributed by atoms with van der Waals surface area (Å²) in [5.41, 5.74) is 2.71. The number of nitrogens with one attached hydrogen (secondary N) is 1. The molecular formula is C30H32Cl2N2O3. The molecular weight excluding hydrogens is 507 g/mol. The topological polar surface area (TPSA) is 58.6 Å². The van der Waals surface area contributed by atoms with E-state index >= 15 is 0 Å². The van der Waals surface area contributed by atoms with Gasteiger partial charge in [0, 0.05) is 29.1 Å². The van der Waals surface area contributed by atoms with Crippen LogP contribution in [-0.4, -0.2) is 35.4 Å². The number of hydrogen-bond donors (Lipinski definition) is 1. The fourth-order valence-corrected chi connectivity index (χ4v) is 5.16. The highest BCUT2D eigenvalue weighted by Gasteiger charge is 2.32. The molecule has 3 aromatic rings. The number of halogens is 2. The number of aryl methyl sites for hydroxylation is 1. The average Bonchev–Trinajstić information content (AvgIpc) is 3.39. The fourth-order valence-electron chi connectivity index (χ4n) is 4.69. The first-order chi connectivity index (χ1) is 17.9. The van der Waals surface area contributed by atoms with Gasteiger partial charge in [0.1, 0.15) is 11.8 Å². The molecule has 3 aromatic carbocycles. The van der Waals surface area contributed by atoms with Gasteiger partial charge in [0.15, 0.2) is 6.61 Å². The lowest BCUT2D eigenvalue weighted by Gasteiger charge is -2.32. The quantitative estimate of drug-likeness (QED) is 0.325. The number of ether oxygens (including phenoxy) is 1. The molecule has 5 nitrogen and oxygen atoms in total. The largest absolute Gasteiger partial charge is 0.484 e. The molecule has 0 heterocycles. The Hall–Kier alpha value is -3.02. The summed E-state index contributed by atoms with van der Waals surface area (Å²) in [5.74, 6) is 0.146. The van der Waals surface area contributed by atoms with Crippen LogP contribution in [-0.2, 0) is 22.6 Å². The second kappa shape index (κ2) is 13.0. The van der Waals surface area contributed by atoms with E-state index in [1.807, 2.05) is 61.5 Å². The van der Waals surface area contributed by atoms with Crippen LogP contribution in [0.1, 0.15) is 42.4 Å². The van der Waals surface area contributed by atoms with E-state index in [1.54, 1.807) is 23.1 Å². The van der Waals surface area contributed by atoms with Crippen molar-refractivity contribution in [1.82, 2.24) is 10.2 Å². The maximum Gasteiger partial charge on any atom is 0.261 e. The lowest BCUT2D eigenvalue weighted by molar-refractivity contribution is -0.143. The number of rotatable bonds is 10. The zero-order chi connectivity index (χ0) is 26.2. The Balaban J connectivity index is 1.63. The van der Waals surface area contributed by atoms with Crippen LogP contribution in [0.4, 0.5) is 0 Å². The zero-order valence-electron chi connectivity index (χ0n) is 21.0. The summed E-state index contributed by atoms with van der Waals surface area (Å²) in [6, 6.07) is 21.9. The predicted molar refractivity (Wildman–Crippen MR) is 148 cm³/mol. The van der Waals surface area contributed by atoms with Crippen molar-refractivity contribution in [3.05, 3.63) is 99.5 Å². The van der Waals surface area contributed by atoms with Crippen molar-refractivity contribution in [2.75, 3.05) is 6.61 Å². The standard InChI is InChI=1S/C30H32Cl2N2O3/c1-21-8-7-13-26(16-21)37-20-29(35)34(19-23-14-15-24(31)18-27(23)32)28(17-22-9-3-2-4-10-22)30(36)33-25-11-5-6-12-25/h2-4,7-10,13-16,18,25,28H,5-6,11-12,17,19-20H2,1H3,(H,33,36)/t28-/m1/s1. The summed E-state index contributed by atoms with van der Waals surface area (Å²) in [6.07, 6.45) is 4.48. The van der Waals surface area contributed by atoms with E-state index in [4.69, 9.17) is 27.9 Å².